The van der Waals surface area contributed by atoms with Gasteiger partial charge in [-0.2, -0.15) is 0 Å². The summed E-state index contributed by atoms with van der Waals surface area (Å²) in [6.45, 7) is 0.123. The molecule has 1 aromatic heterocycles. The summed E-state index contributed by atoms with van der Waals surface area (Å²) < 4.78 is 30.8. The molecule has 35 heavy (non-hydrogen) atoms. The lowest BCUT2D eigenvalue weighted by molar-refractivity contribution is 0.0699. The quantitative estimate of drug-likeness (QED) is 0.212. The van der Waals surface area contributed by atoms with Crippen LogP contribution in [0.1, 0.15) is 40.2 Å². The number of nitrogens with zero attached hydrogens (tertiary/aromatic N) is 1. The third kappa shape index (κ3) is 4.86. The standard InChI is InChI=1S/C25H18BrCl2NO5S/c26-19-8-1-13(9-20(19)28)12-29(35(32)33)21-11-22-18(10-17(21)14-2-3-14)23(25(30)31)24(34-22)15-4-6-16(27)7-5-15/h1,4-11,14H,2-3,12H2,(H,30,31)(H,32,33). The van der Waals surface area contributed by atoms with E-state index in [-0.39, 0.29) is 23.8 Å². The van der Waals surface area contributed by atoms with Crippen LogP contribution in [0, 0.1) is 0 Å². The van der Waals surface area contributed by atoms with E-state index in [1.165, 1.54) is 4.31 Å². The second-order valence-electron chi connectivity index (χ2n) is 8.32. The molecule has 0 spiro atoms. The van der Waals surface area contributed by atoms with Gasteiger partial charge < -0.3 is 9.52 Å². The van der Waals surface area contributed by atoms with E-state index in [4.69, 9.17) is 27.6 Å². The van der Waals surface area contributed by atoms with E-state index < -0.39 is 17.2 Å². The largest absolute Gasteiger partial charge is 0.478 e. The maximum Gasteiger partial charge on any atom is 0.340 e. The van der Waals surface area contributed by atoms with Gasteiger partial charge in [-0.1, -0.05) is 29.3 Å². The zero-order chi connectivity index (χ0) is 24.9. The predicted octanol–water partition coefficient (Wildman–Crippen LogP) is 7.89. The van der Waals surface area contributed by atoms with Crippen molar-refractivity contribution in [3.05, 3.63) is 85.8 Å². The van der Waals surface area contributed by atoms with Crippen LogP contribution in [0.15, 0.2) is 63.5 Å². The monoisotopic (exact) mass is 593 g/mol. The Kier molecular flexibility index (Phi) is 6.67. The fraction of sp³-hybridized carbons (Fsp3) is 0.160. The molecule has 0 aliphatic heterocycles. The summed E-state index contributed by atoms with van der Waals surface area (Å²) in [6.07, 6.45) is 1.83. The Bertz CT molecular complexity index is 1480. The molecule has 1 unspecified atom stereocenters. The highest BCUT2D eigenvalue weighted by Crippen LogP contribution is 2.48. The topological polar surface area (TPSA) is 91.0 Å². The number of carboxylic acids is 1. The smallest absolute Gasteiger partial charge is 0.340 e. The van der Waals surface area contributed by atoms with Crippen LogP contribution in [0.5, 0.6) is 0 Å². The first-order chi connectivity index (χ1) is 16.7. The van der Waals surface area contributed by atoms with Gasteiger partial charge in [-0.15, -0.1) is 0 Å². The molecule has 5 rings (SSSR count). The molecule has 4 aromatic rings. The van der Waals surface area contributed by atoms with E-state index in [9.17, 15) is 18.7 Å². The molecule has 1 aliphatic carbocycles. The fourth-order valence-corrected chi connectivity index (χ4v) is 5.29. The molecular weight excluding hydrogens is 577 g/mol. The highest BCUT2D eigenvalue weighted by Gasteiger charge is 2.32. The van der Waals surface area contributed by atoms with Crippen LogP contribution < -0.4 is 4.31 Å². The van der Waals surface area contributed by atoms with Crippen molar-refractivity contribution >= 4 is 73.0 Å². The van der Waals surface area contributed by atoms with Crippen LogP contribution in [-0.4, -0.2) is 19.8 Å². The lowest BCUT2D eigenvalue weighted by Crippen LogP contribution is -2.25. The van der Waals surface area contributed by atoms with Gasteiger partial charge in [0.05, 0.1) is 17.3 Å². The molecule has 1 fully saturated rings. The Morgan fingerprint density at radius 3 is 2.43 bits per heavy atom. The van der Waals surface area contributed by atoms with Crippen molar-refractivity contribution in [3.8, 4) is 11.3 Å². The summed E-state index contributed by atoms with van der Waals surface area (Å²) in [5, 5.41) is 11.5. The summed E-state index contributed by atoms with van der Waals surface area (Å²) >= 11 is 13.2. The number of benzene rings is 3. The maximum atomic E-state index is 12.5. The molecule has 1 saturated carbocycles. The fourth-order valence-electron chi connectivity index (χ4n) is 4.13. The molecule has 0 bridgehead atoms. The molecule has 0 saturated heterocycles. The Labute approximate surface area is 222 Å². The van der Waals surface area contributed by atoms with Gasteiger partial charge in [0.2, 0.25) is 0 Å². The molecule has 3 aromatic carbocycles. The maximum absolute atomic E-state index is 12.5. The van der Waals surface area contributed by atoms with Gasteiger partial charge in [0.15, 0.2) is 0 Å². The average Bonchev–Trinajstić information content (AvgIpc) is 3.59. The zero-order valence-corrected chi connectivity index (χ0v) is 21.9. The van der Waals surface area contributed by atoms with Gasteiger partial charge in [-0.05, 0) is 88.3 Å². The summed E-state index contributed by atoms with van der Waals surface area (Å²) in [5.74, 6) is -0.737. The Morgan fingerprint density at radius 2 is 1.83 bits per heavy atom. The van der Waals surface area contributed by atoms with Crippen LogP contribution in [0.2, 0.25) is 10.0 Å². The van der Waals surface area contributed by atoms with Crippen molar-refractivity contribution in [1.29, 1.82) is 0 Å². The minimum Gasteiger partial charge on any atom is -0.478 e. The van der Waals surface area contributed by atoms with Crippen molar-refractivity contribution in [2.75, 3.05) is 4.31 Å². The number of aromatic carboxylic acids is 1. The molecule has 2 N–H and O–H groups in total. The van der Waals surface area contributed by atoms with E-state index in [0.29, 0.717) is 32.3 Å². The second kappa shape index (κ2) is 9.59. The molecule has 1 aliphatic rings. The normalized spacial score (nSPS) is 14.3. The number of rotatable bonds is 7. The van der Waals surface area contributed by atoms with Crippen molar-refractivity contribution in [3.63, 3.8) is 0 Å². The Morgan fingerprint density at radius 1 is 1.11 bits per heavy atom. The molecule has 1 atom stereocenters. The van der Waals surface area contributed by atoms with Gasteiger partial charge in [0.25, 0.3) is 11.3 Å². The molecule has 1 heterocycles. The van der Waals surface area contributed by atoms with E-state index >= 15 is 0 Å². The van der Waals surface area contributed by atoms with Gasteiger partial charge in [-0.25, -0.2) is 9.00 Å². The summed E-state index contributed by atoms with van der Waals surface area (Å²) in [6, 6.07) is 15.5. The summed E-state index contributed by atoms with van der Waals surface area (Å²) in [7, 11) is 0. The number of halogens is 3. The number of fused-ring (bicyclic) bond motifs is 1. The predicted molar refractivity (Wildman–Crippen MR) is 142 cm³/mol. The van der Waals surface area contributed by atoms with E-state index in [1.54, 1.807) is 48.5 Å². The minimum absolute atomic E-state index is 0.0483. The van der Waals surface area contributed by atoms with Crippen LogP contribution in [0.3, 0.4) is 0 Å². The molecule has 0 amide bonds. The number of carbonyl (C=O) groups is 1. The van der Waals surface area contributed by atoms with Crippen LogP contribution in [0.4, 0.5) is 5.69 Å². The average molecular weight is 595 g/mol. The van der Waals surface area contributed by atoms with Crippen molar-refractivity contribution < 1.29 is 23.1 Å². The number of furan rings is 1. The number of carboxylic acid groups (broad SMARTS) is 1. The first-order valence-electron chi connectivity index (χ1n) is 10.6. The minimum atomic E-state index is -2.35. The lowest BCUT2D eigenvalue weighted by Gasteiger charge is -2.23. The first kappa shape index (κ1) is 24.3. The molecular formula is C25H18BrCl2NO5S. The number of anilines is 1. The number of hydrogen-bond donors (Lipinski definition) is 2. The van der Waals surface area contributed by atoms with Crippen molar-refractivity contribution in [2.45, 2.75) is 25.3 Å². The molecule has 6 nitrogen and oxygen atoms in total. The van der Waals surface area contributed by atoms with E-state index in [1.807, 2.05) is 6.07 Å². The molecule has 10 heteroatoms. The van der Waals surface area contributed by atoms with Crippen molar-refractivity contribution in [2.24, 2.45) is 0 Å². The van der Waals surface area contributed by atoms with Gasteiger partial charge in [0.1, 0.15) is 16.9 Å². The Hall–Kier alpha value is -2.36. The highest BCUT2D eigenvalue weighted by atomic mass is 79.9. The first-order valence-corrected chi connectivity index (χ1v) is 13.3. The lowest BCUT2D eigenvalue weighted by atomic mass is 10.0. The Balaban J connectivity index is 1.67. The highest BCUT2D eigenvalue weighted by molar-refractivity contribution is 9.10. The van der Waals surface area contributed by atoms with Gasteiger partial charge in [0, 0.05) is 26.5 Å². The van der Waals surface area contributed by atoms with Gasteiger partial charge in [-0.3, -0.25) is 8.86 Å². The van der Waals surface area contributed by atoms with E-state index in [2.05, 4.69) is 15.9 Å². The summed E-state index contributed by atoms with van der Waals surface area (Å²) in [4.78, 5) is 12.3. The van der Waals surface area contributed by atoms with Crippen LogP contribution >= 0.6 is 39.1 Å². The molecule has 180 valence electrons. The molecule has 0 radical (unpaired) electrons. The van der Waals surface area contributed by atoms with Crippen LogP contribution in [0.25, 0.3) is 22.3 Å². The zero-order valence-electron chi connectivity index (χ0n) is 18.0. The van der Waals surface area contributed by atoms with E-state index in [0.717, 1.165) is 28.4 Å². The number of hydrogen-bond acceptors (Lipinski definition) is 3. The van der Waals surface area contributed by atoms with Crippen LogP contribution in [-0.2, 0) is 17.8 Å². The third-order valence-corrected chi connectivity index (χ3v) is 8.13. The third-order valence-electron chi connectivity index (χ3n) is 5.94. The van der Waals surface area contributed by atoms with Crippen molar-refractivity contribution in [1.82, 2.24) is 0 Å². The SMILES string of the molecule is O=C(O)c1c(-c2ccc(Cl)cc2)oc2cc(N(Cc3ccc(Br)c(Cl)c3)S(=O)O)c(C3CC3)cc12. The summed E-state index contributed by atoms with van der Waals surface area (Å²) in [5.41, 5.74) is 3.02. The van der Waals surface area contributed by atoms with Gasteiger partial charge >= 0.3 is 5.97 Å². The second-order valence-corrected chi connectivity index (χ2v) is 10.9.